The molecule has 0 aliphatic heterocycles. The van der Waals surface area contributed by atoms with Crippen molar-refractivity contribution in [2.75, 3.05) is 0 Å². The summed E-state index contributed by atoms with van der Waals surface area (Å²) in [4.78, 5) is 10.9. The van der Waals surface area contributed by atoms with Gasteiger partial charge in [0.25, 0.3) is 0 Å². The molecule has 0 bridgehead atoms. The lowest BCUT2D eigenvalue weighted by Gasteiger charge is -2.13. The molecule has 3 nitrogen and oxygen atoms in total. The number of carbonyl (C=O) groups is 1. The zero-order valence-corrected chi connectivity index (χ0v) is 11.5. The molecule has 22 heavy (non-hydrogen) atoms. The van der Waals surface area contributed by atoms with Crippen molar-refractivity contribution in [3.63, 3.8) is 0 Å². The van der Waals surface area contributed by atoms with E-state index in [9.17, 15) is 18.0 Å². The smallest absolute Gasteiger partial charge is 0.416 e. The van der Waals surface area contributed by atoms with Gasteiger partial charge in [-0.3, -0.25) is 4.79 Å². The minimum atomic E-state index is -4.39. The van der Waals surface area contributed by atoms with Gasteiger partial charge in [-0.25, -0.2) is 0 Å². The number of benzene rings is 2. The molecule has 0 fully saturated rings. The molecule has 0 aliphatic carbocycles. The highest BCUT2D eigenvalue weighted by molar-refractivity contribution is 5.75. The minimum Gasteiger partial charge on any atom is -0.480 e. The molecule has 0 spiro atoms. The maximum Gasteiger partial charge on any atom is 0.416 e. The van der Waals surface area contributed by atoms with Crippen molar-refractivity contribution < 1.29 is 23.1 Å². The van der Waals surface area contributed by atoms with E-state index in [2.05, 4.69) is 0 Å². The third-order valence-corrected chi connectivity index (χ3v) is 3.30. The Morgan fingerprint density at radius 2 is 1.68 bits per heavy atom. The van der Waals surface area contributed by atoms with E-state index in [1.54, 1.807) is 24.3 Å². The lowest BCUT2D eigenvalue weighted by Crippen LogP contribution is -2.32. The Morgan fingerprint density at radius 1 is 1.09 bits per heavy atom. The van der Waals surface area contributed by atoms with E-state index in [-0.39, 0.29) is 6.42 Å². The van der Waals surface area contributed by atoms with Crippen molar-refractivity contribution in [2.45, 2.75) is 18.6 Å². The largest absolute Gasteiger partial charge is 0.480 e. The van der Waals surface area contributed by atoms with E-state index in [1.807, 2.05) is 0 Å². The summed E-state index contributed by atoms with van der Waals surface area (Å²) in [7, 11) is 0. The number of aliphatic carboxylic acids is 1. The van der Waals surface area contributed by atoms with Gasteiger partial charge in [0.15, 0.2) is 0 Å². The number of carboxylic acids is 1. The van der Waals surface area contributed by atoms with Crippen LogP contribution in [-0.4, -0.2) is 17.1 Å². The van der Waals surface area contributed by atoms with E-state index in [0.717, 1.165) is 12.1 Å². The highest BCUT2D eigenvalue weighted by atomic mass is 19.4. The van der Waals surface area contributed by atoms with Crippen molar-refractivity contribution in [3.8, 4) is 11.1 Å². The summed E-state index contributed by atoms with van der Waals surface area (Å²) in [6, 6.07) is 10.6. The fourth-order valence-corrected chi connectivity index (χ4v) is 2.14. The summed E-state index contributed by atoms with van der Waals surface area (Å²) in [6.45, 7) is 0. The van der Waals surface area contributed by atoms with Crippen LogP contribution in [0.3, 0.4) is 0 Å². The van der Waals surface area contributed by atoms with Crippen LogP contribution in [0.25, 0.3) is 11.1 Å². The predicted octanol–water partition coefficient (Wildman–Crippen LogP) is 3.33. The standard InChI is InChI=1S/C16H14F3NO2/c17-16(18,19)12-7-5-10(6-8-12)13-4-2-1-3-11(13)9-14(20)15(21)22/h1-8,14H,9,20H2,(H,21,22). The second-order valence-electron chi connectivity index (χ2n) is 4.88. The van der Waals surface area contributed by atoms with E-state index < -0.39 is 23.8 Å². The summed E-state index contributed by atoms with van der Waals surface area (Å²) in [5, 5.41) is 8.88. The second kappa shape index (κ2) is 6.19. The zero-order valence-electron chi connectivity index (χ0n) is 11.5. The lowest BCUT2D eigenvalue weighted by atomic mass is 9.95. The van der Waals surface area contributed by atoms with Gasteiger partial charge < -0.3 is 10.8 Å². The Hall–Kier alpha value is -2.34. The van der Waals surface area contributed by atoms with E-state index >= 15 is 0 Å². The molecule has 1 unspecified atom stereocenters. The fourth-order valence-electron chi connectivity index (χ4n) is 2.14. The Labute approximate surface area is 125 Å². The first-order valence-electron chi connectivity index (χ1n) is 6.53. The van der Waals surface area contributed by atoms with Crippen molar-refractivity contribution in [1.29, 1.82) is 0 Å². The molecule has 0 saturated heterocycles. The van der Waals surface area contributed by atoms with Crippen LogP contribution >= 0.6 is 0 Å². The predicted molar refractivity (Wildman–Crippen MR) is 76.2 cm³/mol. The third-order valence-electron chi connectivity index (χ3n) is 3.30. The number of rotatable bonds is 4. The van der Waals surface area contributed by atoms with Gasteiger partial charge in [-0.15, -0.1) is 0 Å². The Balaban J connectivity index is 2.35. The highest BCUT2D eigenvalue weighted by Crippen LogP contribution is 2.32. The van der Waals surface area contributed by atoms with Crippen LogP contribution in [0.1, 0.15) is 11.1 Å². The number of halogens is 3. The fraction of sp³-hybridized carbons (Fsp3) is 0.188. The highest BCUT2D eigenvalue weighted by Gasteiger charge is 2.30. The van der Waals surface area contributed by atoms with Gasteiger partial charge in [0.2, 0.25) is 0 Å². The van der Waals surface area contributed by atoms with Gasteiger partial charge >= 0.3 is 12.1 Å². The molecule has 3 N–H and O–H groups in total. The number of hydrogen-bond donors (Lipinski definition) is 2. The molecule has 0 saturated carbocycles. The first-order chi connectivity index (χ1) is 10.3. The maximum atomic E-state index is 12.6. The average molecular weight is 309 g/mol. The Bertz CT molecular complexity index is 666. The SMILES string of the molecule is NC(Cc1ccccc1-c1ccc(C(F)(F)F)cc1)C(=O)O. The Kier molecular flexibility index (Phi) is 4.51. The van der Waals surface area contributed by atoms with Gasteiger partial charge in [-0.2, -0.15) is 13.2 Å². The third kappa shape index (κ3) is 3.65. The van der Waals surface area contributed by atoms with Gasteiger partial charge in [0, 0.05) is 0 Å². The van der Waals surface area contributed by atoms with Gasteiger partial charge in [0.1, 0.15) is 6.04 Å². The molecule has 1 atom stereocenters. The zero-order chi connectivity index (χ0) is 16.3. The van der Waals surface area contributed by atoms with Gasteiger partial charge in [0.05, 0.1) is 5.56 Å². The first kappa shape index (κ1) is 16.0. The summed E-state index contributed by atoms with van der Waals surface area (Å²) >= 11 is 0. The van der Waals surface area contributed by atoms with Crippen molar-refractivity contribution in [2.24, 2.45) is 5.73 Å². The molecule has 2 rings (SSSR count). The molecule has 116 valence electrons. The molecular weight excluding hydrogens is 295 g/mol. The monoisotopic (exact) mass is 309 g/mol. The molecule has 6 heteroatoms. The topological polar surface area (TPSA) is 63.3 Å². The summed E-state index contributed by atoms with van der Waals surface area (Å²) in [5.74, 6) is -1.12. The lowest BCUT2D eigenvalue weighted by molar-refractivity contribution is -0.139. The molecule has 0 aliphatic rings. The molecule has 2 aromatic carbocycles. The van der Waals surface area contributed by atoms with Crippen LogP contribution < -0.4 is 5.73 Å². The van der Waals surface area contributed by atoms with E-state index in [0.29, 0.717) is 16.7 Å². The Morgan fingerprint density at radius 3 is 2.23 bits per heavy atom. The van der Waals surface area contributed by atoms with Gasteiger partial charge in [-0.05, 0) is 35.2 Å². The van der Waals surface area contributed by atoms with Crippen molar-refractivity contribution in [1.82, 2.24) is 0 Å². The van der Waals surface area contributed by atoms with Crippen LogP contribution in [-0.2, 0) is 17.4 Å². The number of hydrogen-bond acceptors (Lipinski definition) is 2. The summed E-state index contributed by atoms with van der Waals surface area (Å²) < 4.78 is 37.7. The molecule has 0 heterocycles. The van der Waals surface area contributed by atoms with Gasteiger partial charge in [-0.1, -0.05) is 36.4 Å². The number of carboxylic acid groups (broad SMARTS) is 1. The first-order valence-corrected chi connectivity index (χ1v) is 6.53. The molecule has 0 aromatic heterocycles. The average Bonchev–Trinajstić information content (AvgIpc) is 2.47. The van der Waals surface area contributed by atoms with Crippen LogP contribution in [0.2, 0.25) is 0 Å². The van der Waals surface area contributed by atoms with Crippen molar-refractivity contribution >= 4 is 5.97 Å². The van der Waals surface area contributed by atoms with Crippen LogP contribution in [0.15, 0.2) is 48.5 Å². The maximum absolute atomic E-state index is 12.6. The summed E-state index contributed by atoms with van der Waals surface area (Å²) in [6.07, 6.45) is -4.28. The molecule has 0 amide bonds. The minimum absolute atomic E-state index is 0.104. The molecule has 0 radical (unpaired) electrons. The molecule has 2 aromatic rings. The van der Waals surface area contributed by atoms with Crippen LogP contribution in [0, 0.1) is 0 Å². The van der Waals surface area contributed by atoms with Crippen LogP contribution in [0.5, 0.6) is 0 Å². The van der Waals surface area contributed by atoms with E-state index in [1.165, 1.54) is 12.1 Å². The van der Waals surface area contributed by atoms with E-state index in [4.69, 9.17) is 10.8 Å². The molecular formula is C16H14F3NO2. The summed E-state index contributed by atoms with van der Waals surface area (Å²) in [5.41, 5.74) is 6.74. The van der Waals surface area contributed by atoms with Crippen LogP contribution in [0.4, 0.5) is 13.2 Å². The van der Waals surface area contributed by atoms with Crippen molar-refractivity contribution in [3.05, 3.63) is 59.7 Å². The number of nitrogens with two attached hydrogens (primary N) is 1. The normalized spacial score (nSPS) is 12.9. The quantitative estimate of drug-likeness (QED) is 0.910. The second-order valence-corrected chi connectivity index (χ2v) is 4.88. The number of alkyl halides is 3.